The molecule has 2 aromatic rings. The number of carbonyl (C=O) groups excluding carboxylic acids is 6. The summed E-state index contributed by atoms with van der Waals surface area (Å²) in [7, 11) is 3.40. The third-order valence-electron chi connectivity index (χ3n) is 15.6. The van der Waals surface area contributed by atoms with Crippen LogP contribution in [0.2, 0.25) is 0 Å². The number of rotatable bonds is 14. The van der Waals surface area contributed by atoms with E-state index >= 15 is 0 Å². The molecule has 0 aromatic heterocycles. The number of fused-ring (bicyclic) bond motifs is 4. The molecule has 384 valence electrons. The van der Waals surface area contributed by atoms with E-state index in [1.165, 1.54) is 0 Å². The molecule has 4 heterocycles. The van der Waals surface area contributed by atoms with E-state index in [4.69, 9.17) is 9.47 Å². The predicted octanol–water partition coefficient (Wildman–Crippen LogP) is 3.34. The average Bonchev–Trinajstić information content (AvgIpc) is 3.96. The average molecular weight is 1010 g/mol. The second-order valence-electron chi connectivity index (χ2n) is 21.5. The van der Waals surface area contributed by atoms with Crippen LogP contribution < -0.4 is 31.9 Å². The molecule has 0 unspecified atom stereocenters. The molecule has 0 bridgehead atoms. The van der Waals surface area contributed by atoms with Crippen molar-refractivity contribution in [1.82, 2.24) is 41.7 Å². The number of ether oxygens (including phenoxy) is 2. The van der Waals surface area contributed by atoms with Gasteiger partial charge in [0.1, 0.15) is 37.4 Å². The highest BCUT2D eigenvalue weighted by Gasteiger charge is 2.61. The third-order valence-corrected chi connectivity index (χ3v) is 18.2. The van der Waals surface area contributed by atoms with Gasteiger partial charge in [-0.3, -0.25) is 28.8 Å². The molecule has 18 heteroatoms. The number of nitrogens with one attached hydrogen (secondary N) is 6. The maximum absolute atomic E-state index is 14.7. The maximum Gasteiger partial charge on any atom is 0.246 e. The number of likely N-dealkylation sites (N-methyl/N-ethyl adjacent to an activating group) is 2. The van der Waals surface area contributed by atoms with Gasteiger partial charge < -0.3 is 51.2 Å². The fraction of sp³-hybridized carbons (Fsp3) is 0.623. The van der Waals surface area contributed by atoms with Crippen molar-refractivity contribution in [2.45, 2.75) is 158 Å². The Morgan fingerprint density at radius 2 is 1.18 bits per heavy atom. The Morgan fingerprint density at radius 1 is 0.690 bits per heavy atom. The van der Waals surface area contributed by atoms with Crippen LogP contribution in [0.4, 0.5) is 0 Å². The summed E-state index contributed by atoms with van der Waals surface area (Å²) in [5.41, 5.74) is 2.95. The van der Waals surface area contributed by atoms with Crippen molar-refractivity contribution in [3.05, 3.63) is 70.8 Å². The quantitative estimate of drug-likeness (QED) is 0.151. The summed E-state index contributed by atoms with van der Waals surface area (Å²) in [6.45, 7) is 13.8. The fourth-order valence-corrected chi connectivity index (χ4v) is 14.9. The number of hydrogen-bond donors (Lipinski definition) is 6. The third kappa shape index (κ3) is 10.7. The van der Waals surface area contributed by atoms with E-state index < -0.39 is 76.2 Å². The molecule has 0 spiro atoms. The Bertz CT molecular complexity index is 2440. The molecule has 2 aliphatic carbocycles. The molecule has 4 fully saturated rings. The van der Waals surface area contributed by atoms with Gasteiger partial charge in [0.25, 0.3) is 0 Å². The number of carbonyl (C=O) groups is 6. The Morgan fingerprint density at radius 3 is 1.72 bits per heavy atom. The molecular formula is C53H72N8O8S2. The van der Waals surface area contributed by atoms with Crippen LogP contribution in [-0.4, -0.2) is 143 Å². The minimum absolute atomic E-state index is 0.0786. The Balaban J connectivity index is 0.919. The van der Waals surface area contributed by atoms with E-state index in [0.29, 0.717) is 50.0 Å². The first-order valence-corrected chi connectivity index (χ1v) is 27.1. The lowest BCUT2D eigenvalue weighted by atomic mass is 9.83. The van der Waals surface area contributed by atoms with Crippen molar-refractivity contribution in [3.8, 4) is 11.8 Å². The molecule has 6 aliphatic rings. The van der Waals surface area contributed by atoms with E-state index in [0.717, 1.165) is 22.3 Å². The molecule has 0 radical (unpaired) electrons. The molecule has 0 saturated carbocycles. The van der Waals surface area contributed by atoms with E-state index in [2.05, 4.69) is 43.7 Å². The summed E-state index contributed by atoms with van der Waals surface area (Å²) in [4.78, 5) is 86.6. The lowest BCUT2D eigenvalue weighted by Gasteiger charge is -2.38. The van der Waals surface area contributed by atoms with Gasteiger partial charge in [-0.1, -0.05) is 88.1 Å². The van der Waals surface area contributed by atoms with Gasteiger partial charge in [0.2, 0.25) is 35.4 Å². The van der Waals surface area contributed by atoms with Crippen molar-refractivity contribution in [2.75, 3.05) is 38.8 Å². The van der Waals surface area contributed by atoms with Crippen LogP contribution >= 0.6 is 23.5 Å². The van der Waals surface area contributed by atoms with Crippen LogP contribution in [0.1, 0.15) is 108 Å². The summed E-state index contributed by atoms with van der Waals surface area (Å²) in [6, 6.07) is 11.0. The summed E-state index contributed by atoms with van der Waals surface area (Å²) >= 11 is 3.32. The zero-order valence-corrected chi connectivity index (χ0v) is 44.2. The lowest BCUT2D eigenvalue weighted by molar-refractivity contribution is -0.146. The van der Waals surface area contributed by atoms with Crippen LogP contribution in [0.5, 0.6) is 0 Å². The SMILES string of the molecule is CN[C@@H](C)C(=O)N[C@H]1CCS[C@H]2CC(C)(C)[C@@H](C(=O)N[C@H]3c4ccccc4C[C@H]3OCC#CCO[C@@H]3Cc4ccccc4[C@@H]3NC(=O)[C@H]3N4C(=O)[C@@H](NC(=O)[C@H](C)NC)CCS[C@@]4(C)CC3(C)C)N2C1=O. The monoisotopic (exact) mass is 1010 g/mol. The van der Waals surface area contributed by atoms with Crippen molar-refractivity contribution < 1.29 is 38.2 Å². The summed E-state index contributed by atoms with van der Waals surface area (Å²) in [6.07, 6.45) is 2.50. The number of nitrogens with zero attached hydrogens (tertiary/aromatic N) is 2. The van der Waals surface area contributed by atoms with Crippen molar-refractivity contribution in [3.63, 3.8) is 0 Å². The summed E-state index contributed by atoms with van der Waals surface area (Å²) in [5, 5.41) is 18.2. The maximum atomic E-state index is 14.7. The Hall–Kier alpha value is -4.64. The first-order valence-electron chi connectivity index (χ1n) is 25.1. The van der Waals surface area contributed by atoms with Crippen LogP contribution in [0.3, 0.4) is 0 Å². The van der Waals surface area contributed by atoms with E-state index in [-0.39, 0.29) is 54.0 Å². The van der Waals surface area contributed by atoms with Gasteiger partial charge in [-0.15, -0.1) is 23.5 Å². The highest BCUT2D eigenvalue weighted by atomic mass is 32.2. The highest BCUT2D eigenvalue weighted by Crippen LogP contribution is 2.54. The number of amides is 6. The largest absolute Gasteiger partial charge is 0.363 e. The molecule has 6 amide bonds. The molecule has 4 saturated heterocycles. The first kappa shape index (κ1) is 52.7. The zero-order chi connectivity index (χ0) is 51.0. The van der Waals surface area contributed by atoms with Gasteiger partial charge in [0.05, 0.1) is 46.6 Å². The van der Waals surface area contributed by atoms with Gasteiger partial charge in [-0.25, -0.2) is 0 Å². The second-order valence-corrected chi connectivity index (χ2v) is 24.4. The van der Waals surface area contributed by atoms with Crippen LogP contribution in [-0.2, 0) is 51.1 Å². The Labute approximate surface area is 427 Å². The summed E-state index contributed by atoms with van der Waals surface area (Å²) in [5.74, 6) is 6.06. The van der Waals surface area contributed by atoms with Crippen molar-refractivity contribution >= 4 is 59.0 Å². The first-order chi connectivity index (χ1) is 33.8. The Kier molecular flexibility index (Phi) is 15.9. The van der Waals surface area contributed by atoms with E-state index in [9.17, 15) is 28.8 Å². The van der Waals surface area contributed by atoms with Gasteiger partial charge in [-0.05, 0) is 105 Å². The molecule has 71 heavy (non-hydrogen) atoms. The van der Waals surface area contributed by atoms with Crippen LogP contribution in [0.25, 0.3) is 0 Å². The fourth-order valence-electron chi connectivity index (χ4n) is 11.8. The molecule has 16 nitrogen and oxygen atoms in total. The number of hydrogen-bond acceptors (Lipinski definition) is 12. The topological polar surface area (TPSA) is 200 Å². The molecule has 6 N–H and O–H groups in total. The van der Waals surface area contributed by atoms with Gasteiger partial charge in [0, 0.05) is 12.8 Å². The van der Waals surface area contributed by atoms with Crippen LogP contribution in [0, 0.1) is 22.7 Å². The predicted molar refractivity (Wildman–Crippen MR) is 275 cm³/mol. The minimum Gasteiger partial charge on any atom is -0.363 e. The van der Waals surface area contributed by atoms with E-state index in [1.54, 1.807) is 61.3 Å². The van der Waals surface area contributed by atoms with Crippen LogP contribution in [0.15, 0.2) is 48.5 Å². The van der Waals surface area contributed by atoms with Crippen molar-refractivity contribution in [1.29, 1.82) is 0 Å². The molecule has 8 rings (SSSR count). The normalized spacial score (nSPS) is 31.1. The second kappa shape index (κ2) is 21.4. The molecule has 4 aliphatic heterocycles. The van der Waals surface area contributed by atoms with Gasteiger partial charge in [0.15, 0.2) is 0 Å². The summed E-state index contributed by atoms with van der Waals surface area (Å²) < 4.78 is 12.9. The molecule has 2 aromatic carbocycles. The highest BCUT2D eigenvalue weighted by molar-refractivity contribution is 8.00. The standard InChI is InChI=1S/C53H72N8O8S2/c1-30(54-8)45(62)56-36-20-24-70-40-28-51(3,4)43(60(40)49(36)66)47(64)58-41-34-18-12-10-16-32(34)26-38(41)68-22-14-15-23-69-39-27-33-17-11-13-19-35(33)42(39)59-48(65)44-52(5,6)29-53(7)61(44)50(67)37(21-25-71-53)57-46(63)31(2)55-9/h10-13,16-19,30-31,36-44,54-55H,20-29H2,1-9H3,(H,56,62)(H,57,63)(H,58,64)(H,59,65)/t30-,31-,36-,37-,38+,39+,40-,41-,42-,43+,44+,53-/m0/s1. The number of benzene rings is 2. The molecular weight excluding hydrogens is 941 g/mol. The van der Waals surface area contributed by atoms with E-state index in [1.807, 2.05) is 83.1 Å². The van der Waals surface area contributed by atoms with Crippen molar-refractivity contribution in [2.24, 2.45) is 10.8 Å². The minimum atomic E-state index is -0.788. The smallest absolute Gasteiger partial charge is 0.246 e. The van der Waals surface area contributed by atoms with Gasteiger partial charge >= 0.3 is 0 Å². The molecule has 12 atom stereocenters. The lowest BCUT2D eigenvalue weighted by Crippen LogP contribution is -2.60. The number of thioether (sulfide) groups is 2. The zero-order valence-electron chi connectivity index (χ0n) is 42.5. The van der Waals surface area contributed by atoms with Gasteiger partial charge in [-0.2, -0.15) is 0 Å².